The van der Waals surface area contributed by atoms with Crippen molar-refractivity contribution in [3.8, 4) is 5.75 Å². The minimum Gasteiger partial charge on any atom is -0.508 e. The molecule has 0 bridgehead atoms. The summed E-state index contributed by atoms with van der Waals surface area (Å²) >= 11 is 20.4. The van der Waals surface area contributed by atoms with Gasteiger partial charge in [0, 0.05) is 22.5 Å². The number of phenolic OH excluding ortho intramolecular Hbond substituents is 1. The van der Waals surface area contributed by atoms with Crippen LogP contribution in [-0.4, -0.2) is 49.4 Å². The van der Waals surface area contributed by atoms with E-state index in [2.05, 4.69) is 0 Å². The number of rotatable bonds is 3. The maximum atomic E-state index is 15.1. The second-order valence-corrected chi connectivity index (χ2v) is 14.4. The average Bonchev–Trinajstić information content (AvgIpc) is 3.39. The third-order valence-electron chi connectivity index (χ3n) is 10.5. The Hall–Kier alpha value is -3.22. The first kappa shape index (κ1) is 32.3. The number of nitrogens with zero attached hydrogens (tertiary/aromatic N) is 2. The summed E-state index contributed by atoms with van der Waals surface area (Å²) in [4.78, 5) is 51.9. The highest BCUT2D eigenvalue weighted by Crippen LogP contribution is 2.67. The number of carbonyl (C=O) groups is 4. The molecule has 2 saturated heterocycles. The van der Waals surface area contributed by atoms with E-state index in [1.807, 2.05) is 0 Å². The van der Waals surface area contributed by atoms with E-state index in [-0.39, 0.29) is 33.5 Å². The Morgan fingerprint density at radius 2 is 1.43 bits per heavy atom. The first-order valence-corrected chi connectivity index (χ1v) is 16.1. The summed E-state index contributed by atoms with van der Waals surface area (Å²) in [7, 11) is 0. The summed E-state index contributed by atoms with van der Waals surface area (Å²) in [6, 6.07) is 3.38. The minimum atomic E-state index is -2.74. The van der Waals surface area contributed by atoms with Crippen LogP contribution < -0.4 is 4.90 Å². The molecule has 0 aromatic heterocycles. The van der Waals surface area contributed by atoms with Crippen LogP contribution in [0.4, 0.5) is 27.6 Å². The van der Waals surface area contributed by atoms with Crippen LogP contribution in [0.2, 0.25) is 5.02 Å². The lowest BCUT2D eigenvalue weighted by molar-refractivity contribution is -0.143. The molecule has 6 atom stereocenters. The van der Waals surface area contributed by atoms with Gasteiger partial charge in [0.15, 0.2) is 33.0 Å². The largest absolute Gasteiger partial charge is 0.508 e. The van der Waals surface area contributed by atoms with Crippen molar-refractivity contribution in [3.05, 3.63) is 69.5 Å². The highest BCUT2D eigenvalue weighted by Gasteiger charge is 2.77. The van der Waals surface area contributed by atoms with Gasteiger partial charge in [-0.05, 0) is 49.8 Å². The van der Waals surface area contributed by atoms with Crippen LogP contribution in [0.5, 0.6) is 5.75 Å². The van der Waals surface area contributed by atoms with Gasteiger partial charge in [-0.1, -0.05) is 42.5 Å². The van der Waals surface area contributed by atoms with E-state index < -0.39 is 104 Å². The SMILES string of the molecule is O=C1[C@H]2[C@H](CC=C3[C@H]2C[C@@]2(Cl)C(=O)N(c4c(F)c(F)c(F)c(F)c4F)C(=O)[C@@]2(Cl)[C@H]3c2cc(Cl)ccc2O)C(=O)N1C1CCCCC1. The number of benzene rings is 2. The predicted molar refractivity (Wildman–Crippen MR) is 158 cm³/mol. The topological polar surface area (TPSA) is 95.0 Å². The van der Waals surface area contributed by atoms with E-state index in [0.717, 1.165) is 19.3 Å². The Bertz CT molecular complexity index is 1810. The van der Waals surface area contributed by atoms with Crippen LogP contribution in [0.3, 0.4) is 0 Å². The van der Waals surface area contributed by atoms with Gasteiger partial charge in [0.1, 0.15) is 11.4 Å². The third kappa shape index (κ3) is 4.16. The number of aromatic hydroxyl groups is 1. The Morgan fingerprint density at radius 3 is 2.06 bits per heavy atom. The number of anilines is 1. The maximum Gasteiger partial charge on any atom is 0.258 e. The second-order valence-electron chi connectivity index (χ2n) is 12.7. The molecule has 2 saturated carbocycles. The molecule has 7 rings (SSSR count). The second kappa shape index (κ2) is 10.9. The number of hydrogen-bond donors (Lipinski definition) is 1. The number of imide groups is 2. The monoisotopic (exact) mass is 716 g/mol. The van der Waals surface area contributed by atoms with Crippen LogP contribution in [0.15, 0.2) is 29.8 Å². The van der Waals surface area contributed by atoms with Gasteiger partial charge in [0.05, 0.1) is 11.8 Å². The maximum absolute atomic E-state index is 15.1. The lowest BCUT2D eigenvalue weighted by atomic mass is 9.56. The van der Waals surface area contributed by atoms with Crippen molar-refractivity contribution >= 4 is 64.1 Å². The zero-order valence-electron chi connectivity index (χ0n) is 24.1. The van der Waals surface area contributed by atoms with Gasteiger partial charge in [0.2, 0.25) is 17.6 Å². The van der Waals surface area contributed by atoms with Crippen LogP contribution in [-0.2, 0) is 19.2 Å². The number of phenols is 1. The number of amides is 4. The zero-order valence-corrected chi connectivity index (χ0v) is 26.4. The van der Waals surface area contributed by atoms with Crippen molar-refractivity contribution in [3.63, 3.8) is 0 Å². The highest BCUT2D eigenvalue weighted by molar-refractivity contribution is 6.58. The van der Waals surface area contributed by atoms with E-state index in [1.165, 1.54) is 23.1 Å². The molecule has 4 amide bonds. The van der Waals surface area contributed by atoms with E-state index in [1.54, 1.807) is 6.08 Å². The molecule has 15 heteroatoms. The fourth-order valence-corrected chi connectivity index (χ4v) is 9.50. The van der Waals surface area contributed by atoms with Gasteiger partial charge >= 0.3 is 0 Å². The minimum absolute atomic E-state index is 0.0217. The number of likely N-dealkylation sites (tertiary alicyclic amines) is 1. The lowest BCUT2D eigenvalue weighted by Gasteiger charge is -2.50. The van der Waals surface area contributed by atoms with Crippen molar-refractivity contribution in [2.75, 3.05) is 4.90 Å². The fourth-order valence-electron chi connectivity index (χ4n) is 8.39. The van der Waals surface area contributed by atoms with Gasteiger partial charge in [0.25, 0.3) is 11.8 Å². The number of fused-ring (bicyclic) bond motifs is 4. The third-order valence-corrected chi connectivity index (χ3v) is 12.1. The van der Waals surface area contributed by atoms with Gasteiger partial charge in [-0.15, -0.1) is 23.2 Å². The molecule has 0 spiro atoms. The molecule has 47 heavy (non-hydrogen) atoms. The first-order chi connectivity index (χ1) is 22.2. The fraction of sp³-hybridized carbons (Fsp3) is 0.438. The van der Waals surface area contributed by atoms with E-state index in [9.17, 15) is 37.5 Å². The van der Waals surface area contributed by atoms with Gasteiger partial charge < -0.3 is 5.11 Å². The number of hydrogen-bond acceptors (Lipinski definition) is 5. The molecule has 2 heterocycles. The summed E-state index contributed by atoms with van der Waals surface area (Å²) in [6.45, 7) is 0. The molecule has 1 N–H and O–H groups in total. The van der Waals surface area contributed by atoms with E-state index in [4.69, 9.17) is 34.8 Å². The van der Waals surface area contributed by atoms with Crippen molar-refractivity contribution in [1.82, 2.24) is 4.90 Å². The molecule has 3 aliphatic carbocycles. The Balaban J connectivity index is 1.43. The predicted octanol–water partition coefficient (Wildman–Crippen LogP) is 6.64. The molecular formula is C32H24Cl3F5N2O5. The molecule has 2 aromatic rings. The van der Waals surface area contributed by atoms with Crippen molar-refractivity contribution in [1.29, 1.82) is 0 Å². The quantitative estimate of drug-likeness (QED) is 0.0961. The van der Waals surface area contributed by atoms with Crippen LogP contribution in [0.25, 0.3) is 0 Å². The Morgan fingerprint density at radius 1 is 0.809 bits per heavy atom. The summed E-state index contributed by atoms with van der Waals surface area (Å²) in [5.41, 5.74) is -1.78. The van der Waals surface area contributed by atoms with Crippen molar-refractivity contribution in [2.45, 2.75) is 66.7 Å². The Kier molecular flexibility index (Phi) is 7.50. The van der Waals surface area contributed by atoms with Crippen LogP contribution in [0, 0.1) is 46.8 Å². The average molecular weight is 718 g/mol. The van der Waals surface area contributed by atoms with Crippen LogP contribution >= 0.6 is 34.8 Å². The summed E-state index contributed by atoms with van der Waals surface area (Å²) in [6.07, 6.45) is 4.83. The lowest BCUT2D eigenvalue weighted by Crippen LogP contribution is -2.60. The van der Waals surface area contributed by atoms with Crippen LogP contribution in [0.1, 0.15) is 56.4 Å². The molecule has 2 aliphatic heterocycles. The smallest absolute Gasteiger partial charge is 0.258 e. The molecule has 5 aliphatic rings. The summed E-state index contributed by atoms with van der Waals surface area (Å²) < 4.78 is 73.0. The summed E-state index contributed by atoms with van der Waals surface area (Å²) in [5, 5.41) is 11.1. The van der Waals surface area contributed by atoms with Crippen molar-refractivity contribution in [2.24, 2.45) is 17.8 Å². The van der Waals surface area contributed by atoms with E-state index >= 15 is 8.78 Å². The zero-order chi connectivity index (χ0) is 33.9. The normalized spacial score (nSPS) is 32.5. The molecular weight excluding hydrogens is 694 g/mol. The summed E-state index contributed by atoms with van der Waals surface area (Å²) in [5.74, 6) is -21.5. The van der Waals surface area contributed by atoms with Gasteiger partial charge in [-0.25, -0.2) is 26.9 Å². The standard InChI is InChI=1S/C32H24Cl3F5N2O5/c33-12-6-9-18(43)16(10-12)20-14-7-8-15-19(28(45)41(27(15)44)13-4-2-1-3-5-13)17(14)11-31(34)29(46)42(30(47)32(20,31)35)26-24(39)22(37)21(36)23(38)25(26)40/h6-7,9-10,13,15,17,19-20,43H,1-5,8,11H2/t15-,17+,19-,20+,31+,32-/m0/s1. The van der Waals surface area contributed by atoms with E-state index in [0.29, 0.717) is 12.8 Å². The number of alkyl halides is 2. The highest BCUT2D eigenvalue weighted by atomic mass is 35.5. The number of halogens is 8. The van der Waals surface area contributed by atoms with Gasteiger partial charge in [-0.2, -0.15) is 0 Å². The van der Waals surface area contributed by atoms with Crippen molar-refractivity contribution < 1.29 is 46.2 Å². The molecule has 7 nitrogen and oxygen atoms in total. The molecule has 0 radical (unpaired) electrons. The van der Waals surface area contributed by atoms with Gasteiger partial charge in [-0.3, -0.25) is 24.1 Å². The number of carbonyl (C=O) groups excluding carboxylic acids is 4. The first-order valence-electron chi connectivity index (χ1n) is 15.0. The molecule has 2 aromatic carbocycles. The molecule has 248 valence electrons. The molecule has 0 unspecified atom stereocenters. The molecule has 4 fully saturated rings. The Labute approximate surface area is 279 Å². The number of allylic oxidation sites excluding steroid dienone is 2.